The van der Waals surface area contributed by atoms with E-state index in [4.69, 9.17) is 0 Å². The summed E-state index contributed by atoms with van der Waals surface area (Å²) >= 11 is 2.01. The van der Waals surface area contributed by atoms with Crippen LogP contribution in [0.5, 0.6) is 0 Å². The molecule has 59 valence electrons. The van der Waals surface area contributed by atoms with Crippen LogP contribution in [0, 0.1) is 0 Å². The lowest BCUT2D eigenvalue weighted by molar-refractivity contribution is -0.120. The Balaban J connectivity index is 1.77. The van der Waals surface area contributed by atoms with Gasteiger partial charge in [0.2, 0.25) is 0 Å². The second-order valence-corrected chi connectivity index (χ2v) is 4.95. The van der Waals surface area contributed by atoms with E-state index in [9.17, 15) is 4.79 Å². The third kappa shape index (κ3) is 2.26. The van der Waals surface area contributed by atoms with Crippen LogP contribution in [0.4, 0.5) is 0 Å². The molecule has 1 saturated heterocycles. The molecule has 1 heterocycles. The summed E-state index contributed by atoms with van der Waals surface area (Å²) in [7, 11) is 2.32. The summed E-state index contributed by atoms with van der Waals surface area (Å²) in [6, 6.07) is 0. The molecule has 1 aliphatic heterocycles. The molecular weight excluding hydrogens is 155 g/mol. The van der Waals surface area contributed by atoms with Crippen molar-refractivity contribution in [2.75, 3.05) is 0 Å². The van der Waals surface area contributed by atoms with Crippen LogP contribution in [0.3, 0.4) is 0 Å². The van der Waals surface area contributed by atoms with Crippen LogP contribution < -0.4 is 0 Å². The van der Waals surface area contributed by atoms with Gasteiger partial charge in [-0.15, -0.1) is 0 Å². The minimum absolute atomic E-state index is 0.481. The molecule has 1 radical (unpaired) electrons. The molecule has 2 aliphatic rings. The van der Waals surface area contributed by atoms with Crippen molar-refractivity contribution in [1.82, 2.24) is 0 Å². The van der Waals surface area contributed by atoms with Gasteiger partial charge in [-0.05, 0) is 18.0 Å². The second-order valence-electron chi connectivity index (χ2n) is 3.40. The van der Waals surface area contributed by atoms with Crippen LogP contribution in [0.15, 0.2) is 0 Å². The third-order valence-corrected chi connectivity index (χ3v) is 3.75. The molecule has 0 spiro atoms. The van der Waals surface area contributed by atoms with E-state index < -0.39 is 0 Å². The van der Waals surface area contributed by atoms with E-state index in [1.165, 1.54) is 12.7 Å². The lowest BCUT2D eigenvalue weighted by Gasteiger charge is -2.19. The molecule has 0 N–H and O–H groups in total. The smallest absolute Gasteiger partial charge is 0.134 e. The first-order valence-corrected chi connectivity index (χ1v) is 5.29. The van der Waals surface area contributed by atoms with Crippen molar-refractivity contribution in [3.63, 3.8) is 0 Å². The van der Waals surface area contributed by atoms with Crippen LogP contribution in [0.2, 0.25) is 6.32 Å². The van der Waals surface area contributed by atoms with E-state index >= 15 is 0 Å². The maximum Gasteiger partial charge on any atom is 0.134 e. The highest BCUT2D eigenvalue weighted by molar-refractivity contribution is 8.02. The van der Waals surface area contributed by atoms with Gasteiger partial charge < -0.3 is 0 Å². The number of carbonyl (C=O) groups is 1. The first-order chi connectivity index (χ1) is 5.34. The van der Waals surface area contributed by atoms with Crippen LogP contribution in [0.1, 0.15) is 25.7 Å². The highest BCUT2D eigenvalue weighted by Crippen LogP contribution is 2.36. The molecule has 3 heteroatoms. The number of Topliss-reactive ketones (excluding diaryl/α,β-unsaturated/α-hetero) is 1. The van der Waals surface area contributed by atoms with Gasteiger partial charge in [0.1, 0.15) is 13.1 Å². The van der Waals surface area contributed by atoms with Crippen molar-refractivity contribution in [3.8, 4) is 0 Å². The molecule has 0 aromatic heterocycles. The minimum atomic E-state index is 0.481. The fourth-order valence-corrected chi connectivity index (χ4v) is 2.93. The normalized spacial score (nSPS) is 36.5. The fraction of sp³-hybridized carbons (Fsp3) is 0.875. The Kier molecular flexibility index (Phi) is 2.26. The lowest BCUT2D eigenvalue weighted by atomic mass is 9.99. The molecule has 1 nitrogen and oxygen atoms in total. The van der Waals surface area contributed by atoms with E-state index in [0.29, 0.717) is 11.0 Å². The lowest BCUT2D eigenvalue weighted by Crippen LogP contribution is -2.17. The average Bonchev–Trinajstić information content (AvgIpc) is 2.71. The highest BCUT2D eigenvalue weighted by atomic mass is 32.2. The van der Waals surface area contributed by atoms with Crippen LogP contribution in [0.25, 0.3) is 0 Å². The number of hydrogen-bond donors (Lipinski definition) is 0. The van der Waals surface area contributed by atoms with Gasteiger partial charge in [0, 0.05) is 18.1 Å². The number of rotatable bonds is 2. The summed E-state index contributed by atoms with van der Waals surface area (Å²) < 4.78 is 0. The molecule has 0 bridgehead atoms. The molecular formula is C8H12BOS. The van der Waals surface area contributed by atoms with E-state index in [1.807, 2.05) is 11.8 Å². The second kappa shape index (κ2) is 3.22. The van der Waals surface area contributed by atoms with Crippen LogP contribution >= 0.6 is 11.8 Å². The quantitative estimate of drug-likeness (QED) is 0.582. The minimum Gasteiger partial charge on any atom is -0.300 e. The zero-order valence-corrected chi connectivity index (χ0v) is 7.40. The Hall–Kier alpha value is 0.0849. The SMILES string of the molecule is O=C1CCCC(SC2[B]C2)C1. The summed E-state index contributed by atoms with van der Waals surface area (Å²) in [6.07, 6.45) is 5.35. The van der Waals surface area contributed by atoms with E-state index in [0.717, 1.165) is 24.4 Å². The predicted octanol–water partition coefficient (Wildman–Crippen LogP) is 1.69. The van der Waals surface area contributed by atoms with Gasteiger partial charge in [-0.25, -0.2) is 0 Å². The van der Waals surface area contributed by atoms with Crippen molar-refractivity contribution in [1.29, 1.82) is 0 Å². The monoisotopic (exact) mass is 167 g/mol. The third-order valence-electron chi connectivity index (χ3n) is 2.23. The summed E-state index contributed by atoms with van der Waals surface area (Å²) in [5.74, 6) is 0.481. The van der Waals surface area contributed by atoms with Gasteiger partial charge in [0.25, 0.3) is 0 Å². The van der Waals surface area contributed by atoms with Crippen LogP contribution in [-0.4, -0.2) is 23.5 Å². The van der Waals surface area contributed by atoms with Crippen molar-refractivity contribution in [2.45, 2.75) is 42.4 Å². The van der Waals surface area contributed by atoms with Crippen molar-refractivity contribution < 1.29 is 4.79 Å². The molecule has 2 unspecified atom stereocenters. The molecule has 0 aromatic carbocycles. The number of thioether (sulfide) groups is 1. The Labute approximate surface area is 72.6 Å². The molecule has 2 atom stereocenters. The fourth-order valence-electron chi connectivity index (χ4n) is 1.51. The van der Waals surface area contributed by atoms with E-state index in [1.54, 1.807) is 0 Å². The number of ketones is 1. The molecule has 0 amide bonds. The summed E-state index contributed by atoms with van der Waals surface area (Å²) in [5, 5.41) is 1.45. The van der Waals surface area contributed by atoms with Gasteiger partial charge in [0.15, 0.2) is 0 Å². The zero-order chi connectivity index (χ0) is 7.68. The maximum atomic E-state index is 11.1. The van der Waals surface area contributed by atoms with Gasteiger partial charge in [-0.1, -0.05) is 6.32 Å². The standard InChI is InChI=1S/C8H12BOS/c10-6-2-1-3-7(4-6)11-8-5-9-8/h7-8H,1-5H2. The van der Waals surface area contributed by atoms with Crippen LogP contribution in [-0.2, 0) is 4.79 Å². The van der Waals surface area contributed by atoms with Gasteiger partial charge in [-0.3, -0.25) is 4.79 Å². The maximum absolute atomic E-state index is 11.1. The van der Waals surface area contributed by atoms with Crippen molar-refractivity contribution in [3.05, 3.63) is 0 Å². The summed E-state index contributed by atoms with van der Waals surface area (Å²) in [4.78, 5) is 11.1. The topological polar surface area (TPSA) is 17.1 Å². The molecule has 0 aromatic rings. The molecule has 11 heavy (non-hydrogen) atoms. The Morgan fingerprint density at radius 2 is 2.36 bits per heavy atom. The van der Waals surface area contributed by atoms with Crippen molar-refractivity contribution >= 4 is 24.8 Å². The Morgan fingerprint density at radius 1 is 1.55 bits per heavy atom. The summed E-state index contributed by atoms with van der Waals surface area (Å²) in [5.41, 5.74) is 0. The first-order valence-electron chi connectivity index (χ1n) is 4.35. The molecule has 1 aliphatic carbocycles. The van der Waals surface area contributed by atoms with Gasteiger partial charge >= 0.3 is 0 Å². The molecule has 2 fully saturated rings. The average molecular weight is 167 g/mol. The molecule has 1 saturated carbocycles. The Morgan fingerprint density at radius 3 is 3.00 bits per heavy atom. The van der Waals surface area contributed by atoms with Gasteiger partial charge in [0.05, 0.1) is 0 Å². The zero-order valence-electron chi connectivity index (χ0n) is 6.58. The molecule has 2 rings (SSSR count). The van der Waals surface area contributed by atoms with E-state index in [-0.39, 0.29) is 0 Å². The summed E-state index contributed by atoms with van der Waals surface area (Å²) in [6.45, 7) is 0. The number of carbonyl (C=O) groups excluding carboxylic acids is 1. The van der Waals surface area contributed by atoms with Crippen molar-refractivity contribution in [2.24, 2.45) is 0 Å². The predicted molar refractivity (Wildman–Crippen MR) is 49.2 cm³/mol. The number of hydrogen-bond acceptors (Lipinski definition) is 2. The largest absolute Gasteiger partial charge is 0.300 e. The highest BCUT2D eigenvalue weighted by Gasteiger charge is 2.29. The first kappa shape index (κ1) is 7.72. The van der Waals surface area contributed by atoms with E-state index in [2.05, 4.69) is 7.28 Å². The van der Waals surface area contributed by atoms with Gasteiger partial charge in [-0.2, -0.15) is 11.8 Å². The Bertz CT molecular complexity index is 167.